The van der Waals surface area contributed by atoms with E-state index < -0.39 is 108 Å². The van der Waals surface area contributed by atoms with Gasteiger partial charge in [-0.1, -0.05) is 38.9 Å². The van der Waals surface area contributed by atoms with Crippen molar-refractivity contribution in [2.75, 3.05) is 270 Å². The van der Waals surface area contributed by atoms with Gasteiger partial charge in [0.1, 0.15) is 99.2 Å². The molecule has 0 radical (unpaired) electrons. The molecule has 6 saturated heterocycles. The van der Waals surface area contributed by atoms with Gasteiger partial charge in [0.25, 0.3) is 0 Å². The first-order valence-electron chi connectivity index (χ1n) is 49.5. The highest BCUT2D eigenvalue weighted by Crippen LogP contribution is 2.41. The number of hydrogen-bond acceptors (Lipinski definition) is 46. The Balaban J connectivity index is 0.635. The molecule has 4 aromatic heterocycles. The molecule has 828 valence electrons. The van der Waals surface area contributed by atoms with Crippen LogP contribution in [0.15, 0.2) is 48.0 Å². The number of unbranched alkanes of at least 4 members (excludes halogenated alkanes) is 2. The van der Waals surface area contributed by atoms with Crippen molar-refractivity contribution < 1.29 is 178 Å². The van der Waals surface area contributed by atoms with Gasteiger partial charge in [0.05, 0.1) is 283 Å². The molecule has 146 heavy (non-hydrogen) atoms. The molecule has 0 spiro atoms. The summed E-state index contributed by atoms with van der Waals surface area (Å²) in [6.45, 7) is 14.0. The van der Waals surface area contributed by atoms with E-state index >= 15 is 0 Å². The van der Waals surface area contributed by atoms with Gasteiger partial charge in [0.15, 0.2) is 18.9 Å². The number of nitrogens with zero attached hydrogens (tertiary/aromatic N) is 10. The molecular formula is C91H150N16O37S2. The monoisotopic (exact) mass is 2120 g/mol. The molecule has 0 aromatic carbocycles. The SMILES string of the molecule is CC(=O)N[C@H]1[C@@H]2OC[C@](COCCOCCOCCCOCCCn3cc(COCC(COCc4cn(CCOCCOCCOCCOC[C@@]56CO[C@H](O5)[C@H](NC(C)=O)[C@@H](O)[C@H]6O)nn4)(COCc4cn(CCOCCOCCOCCOC[C@@]56CO[C@@H](O5)[C@H](NC(C)=O)[C@@H](O)[C@H]6O)nn4)NC(=O)CCCCCNC(=O)CCOCCOCCOCCOCCNC(=O)CCSSc4ccccn4)nn3)(O2)[C@H](O)[C@@H]1O. The Kier molecular flexibility index (Phi) is 56.8. The Morgan fingerprint density at radius 1 is 0.384 bits per heavy atom. The predicted octanol–water partition coefficient (Wildman–Crippen LogP) is -4.22. The van der Waals surface area contributed by atoms with E-state index in [1.54, 1.807) is 49.6 Å². The highest BCUT2D eigenvalue weighted by Gasteiger charge is 2.62. The molecular weight excluding hydrogens is 1970 g/mol. The van der Waals surface area contributed by atoms with Gasteiger partial charge in [-0.25, -0.2) is 14.3 Å². The molecule has 10 heterocycles. The number of aryl methyl sites for hydroxylation is 1. The second-order valence-electron chi connectivity index (χ2n) is 35.2. The van der Waals surface area contributed by atoms with E-state index in [4.69, 9.17) is 118 Å². The lowest BCUT2D eigenvalue weighted by Gasteiger charge is -2.42. The van der Waals surface area contributed by atoms with E-state index in [0.717, 1.165) is 5.03 Å². The van der Waals surface area contributed by atoms with Crippen LogP contribution in [0.5, 0.6) is 0 Å². The average molecular weight is 2120 g/mol. The van der Waals surface area contributed by atoms with Crippen LogP contribution in [0.25, 0.3) is 0 Å². The van der Waals surface area contributed by atoms with Gasteiger partial charge < -0.3 is 181 Å². The summed E-state index contributed by atoms with van der Waals surface area (Å²) in [5, 5.41) is 108. The Morgan fingerprint density at radius 3 is 1.14 bits per heavy atom. The van der Waals surface area contributed by atoms with E-state index in [-0.39, 0.29) is 215 Å². The van der Waals surface area contributed by atoms with Gasteiger partial charge in [-0.3, -0.25) is 33.4 Å². The first-order chi connectivity index (χ1) is 71.0. The number of hydrogen-bond donors (Lipinski definition) is 12. The standard InChI is InChI=1S/C91H150N16O37S2/c1-66(108)95-76-79(114)82(117)89(63-139-85(76)142-89)60-133-47-44-130-33-28-121-23-10-22-120-21-9-18-105-51-69(99-102-105)54-136-57-88(58-137-55-70-52-106(103-100-70)19-26-124-31-36-128-40-42-131-45-48-134-61-90-64-140-86(143-90)77(96-67(2)109)80(115)83(90)118,59-138-56-71-53-107(104-101-71)20-27-125-32-37-129-41-43-132-46-49-135-62-91-65-141-87(144-91)78(97-68(3)110)81(116)84(91)119)98-74(113)11-5-4-7-15-92-72(111)13-24-122-29-34-126-38-39-127-35-30-123-25-17-93-73(112)14-50-145-146-75-12-6-8-16-94-75/h6,8,12,16,51-53,76-87,114-119H,4-5,7,9-11,13-15,17-50,54-65H2,1-3H3,(H,92,111)(H,93,112)(H,95,108)(H,96,109)(H,97,110)(H,98,113)/t76-,77-,78-,79-,80-,81-,82-,83-,84-,85-,86-,87+,88?,89+,90+,91+/m1/s1. The molecule has 53 nitrogen and oxygen atoms in total. The summed E-state index contributed by atoms with van der Waals surface area (Å²) in [5.41, 5.74) is -3.68. The molecule has 10 rings (SSSR count). The lowest BCUT2D eigenvalue weighted by Crippen LogP contribution is -2.66. The Morgan fingerprint density at radius 2 is 0.740 bits per heavy atom. The van der Waals surface area contributed by atoms with Crippen molar-refractivity contribution in [3.05, 3.63) is 60.1 Å². The van der Waals surface area contributed by atoms with E-state index in [1.807, 2.05) is 18.2 Å². The summed E-state index contributed by atoms with van der Waals surface area (Å²) in [4.78, 5) is 78.4. The fraction of sp³-hybridized carbons (Fsp3) is 0.813. The molecule has 1 unspecified atom stereocenters. The number of aliphatic hydroxyl groups excluding tert-OH is 6. The molecule has 0 aliphatic carbocycles. The van der Waals surface area contributed by atoms with Crippen molar-refractivity contribution in [1.29, 1.82) is 0 Å². The number of nitrogens with one attached hydrogen (secondary N) is 6. The molecule has 55 heteroatoms. The summed E-state index contributed by atoms with van der Waals surface area (Å²) in [7, 11) is 3.12. The normalized spacial score (nSPS) is 23.9. The molecule has 16 atom stereocenters. The summed E-state index contributed by atoms with van der Waals surface area (Å²) < 4.78 is 150. The maximum Gasteiger partial charge on any atom is 0.222 e. The highest BCUT2D eigenvalue weighted by molar-refractivity contribution is 8.76. The number of carbonyl (C=O) groups excluding carboxylic acids is 6. The van der Waals surface area contributed by atoms with Gasteiger partial charge in [-0.05, 0) is 48.6 Å². The van der Waals surface area contributed by atoms with Crippen molar-refractivity contribution >= 4 is 57.0 Å². The second kappa shape index (κ2) is 68.7. The fourth-order valence-corrected chi connectivity index (χ4v) is 17.6. The van der Waals surface area contributed by atoms with Crippen LogP contribution < -0.4 is 31.9 Å². The molecule has 6 aliphatic rings. The smallest absolute Gasteiger partial charge is 0.222 e. The number of ether oxygens (including phenoxy) is 25. The van der Waals surface area contributed by atoms with Crippen molar-refractivity contribution in [2.24, 2.45) is 0 Å². The average Bonchev–Trinajstić information content (AvgIpc) is 1.61. The number of aliphatic hydroxyl groups is 6. The van der Waals surface area contributed by atoms with Crippen LogP contribution in [0.4, 0.5) is 0 Å². The van der Waals surface area contributed by atoms with Gasteiger partial charge in [-0.15, -0.1) is 15.3 Å². The van der Waals surface area contributed by atoms with Crippen LogP contribution >= 0.6 is 21.6 Å². The Bertz CT molecular complexity index is 4150. The lowest BCUT2D eigenvalue weighted by atomic mass is 9.88. The lowest BCUT2D eigenvalue weighted by molar-refractivity contribution is -0.238. The van der Waals surface area contributed by atoms with Gasteiger partial charge in [0, 0.05) is 91.4 Å². The van der Waals surface area contributed by atoms with E-state index in [0.29, 0.717) is 187 Å². The summed E-state index contributed by atoms with van der Waals surface area (Å²) in [6.07, 6.45) is -0.142. The van der Waals surface area contributed by atoms with Crippen LogP contribution in [0.1, 0.15) is 89.2 Å². The van der Waals surface area contributed by atoms with Gasteiger partial charge in [-0.2, -0.15) is 0 Å². The highest BCUT2D eigenvalue weighted by atomic mass is 33.1. The number of amides is 6. The maximum absolute atomic E-state index is 14.3. The Labute approximate surface area is 855 Å². The molecule has 12 N–H and O–H groups in total. The summed E-state index contributed by atoms with van der Waals surface area (Å²) in [6, 6.07) is 2.97. The van der Waals surface area contributed by atoms with E-state index in [1.165, 1.54) is 31.6 Å². The van der Waals surface area contributed by atoms with Crippen LogP contribution in [0.2, 0.25) is 0 Å². The third kappa shape index (κ3) is 43.9. The topological polar surface area (TPSA) is 632 Å². The van der Waals surface area contributed by atoms with Crippen molar-refractivity contribution in [1.82, 2.24) is 81.9 Å². The number of aromatic nitrogens is 10. The number of rotatable bonds is 86. The first kappa shape index (κ1) is 121. The minimum absolute atomic E-state index is 0.00924. The van der Waals surface area contributed by atoms with Crippen molar-refractivity contribution in [3.8, 4) is 0 Å². The zero-order valence-corrected chi connectivity index (χ0v) is 85.1. The third-order valence-corrected chi connectivity index (χ3v) is 25.5. The van der Waals surface area contributed by atoms with Crippen molar-refractivity contribution in [3.63, 3.8) is 0 Å². The van der Waals surface area contributed by atoms with Gasteiger partial charge >= 0.3 is 0 Å². The van der Waals surface area contributed by atoms with E-state index in [2.05, 4.69) is 67.8 Å². The molecule has 6 aliphatic heterocycles. The minimum atomic E-state index is -1.35. The molecule has 4 aromatic rings. The zero-order valence-electron chi connectivity index (χ0n) is 83.5. The summed E-state index contributed by atoms with van der Waals surface area (Å²) >= 11 is 0. The molecule has 6 fully saturated rings. The second-order valence-corrected chi connectivity index (χ2v) is 37.6. The molecule has 6 amide bonds. The van der Waals surface area contributed by atoms with Crippen LogP contribution in [-0.2, 0) is 187 Å². The maximum atomic E-state index is 14.3. The quantitative estimate of drug-likeness (QED) is 0.0147. The molecule has 0 saturated carbocycles. The number of fused-ring (bicyclic) bond motifs is 6. The van der Waals surface area contributed by atoms with Crippen molar-refractivity contribution in [2.45, 2.75) is 213 Å². The predicted molar refractivity (Wildman–Crippen MR) is 508 cm³/mol. The summed E-state index contributed by atoms with van der Waals surface area (Å²) in [5.74, 6) is -1.04. The molecule has 6 bridgehead atoms. The van der Waals surface area contributed by atoms with Crippen LogP contribution in [0, 0.1) is 0 Å². The first-order valence-corrected chi connectivity index (χ1v) is 51.8. The van der Waals surface area contributed by atoms with Crippen LogP contribution in [-0.4, -0.2) is 482 Å². The zero-order chi connectivity index (χ0) is 104. The number of pyridine rings is 1. The Hall–Kier alpha value is -7.15. The fourth-order valence-electron chi connectivity index (χ4n) is 15.7. The van der Waals surface area contributed by atoms with Gasteiger partial charge in [0.2, 0.25) is 35.4 Å². The number of carbonyl (C=O) groups is 6. The largest absolute Gasteiger partial charge is 0.388 e. The minimum Gasteiger partial charge on any atom is -0.388 e. The van der Waals surface area contributed by atoms with Crippen LogP contribution in [0.3, 0.4) is 0 Å². The third-order valence-electron chi connectivity index (χ3n) is 23.2. The van der Waals surface area contributed by atoms with E-state index in [9.17, 15) is 59.4 Å².